The first-order valence-corrected chi connectivity index (χ1v) is 7.19. The van der Waals surface area contributed by atoms with E-state index in [1.54, 1.807) is 0 Å². The highest BCUT2D eigenvalue weighted by atomic mass is 79.9. The quantitative estimate of drug-likeness (QED) is 0.911. The molecule has 1 aliphatic heterocycles. The van der Waals surface area contributed by atoms with E-state index >= 15 is 0 Å². The Kier molecular flexibility index (Phi) is 4.86. The predicted molar refractivity (Wildman–Crippen MR) is 75.6 cm³/mol. The summed E-state index contributed by atoms with van der Waals surface area (Å²) in [6, 6.07) is 6.45. The van der Waals surface area contributed by atoms with E-state index in [1.165, 1.54) is 24.1 Å². The molecule has 0 aromatic heterocycles. The van der Waals surface area contributed by atoms with Gasteiger partial charge in [-0.15, -0.1) is 0 Å². The molecule has 1 saturated heterocycles. The van der Waals surface area contributed by atoms with Gasteiger partial charge >= 0.3 is 0 Å². The van der Waals surface area contributed by atoms with Crippen LogP contribution in [0.1, 0.15) is 25.3 Å². The second-order valence-electron chi connectivity index (χ2n) is 4.62. The van der Waals surface area contributed by atoms with E-state index in [9.17, 15) is 0 Å². The highest BCUT2D eigenvalue weighted by Gasteiger charge is 2.13. The van der Waals surface area contributed by atoms with Crippen LogP contribution in [-0.4, -0.2) is 19.8 Å². The van der Waals surface area contributed by atoms with Crippen molar-refractivity contribution in [3.8, 4) is 0 Å². The van der Waals surface area contributed by atoms with Crippen LogP contribution in [0.2, 0.25) is 0 Å². The van der Waals surface area contributed by atoms with Crippen molar-refractivity contribution >= 4 is 21.6 Å². The third kappa shape index (κ3) is 3.71. The van der Waals surface area contributed by atoms with E-state index in [0.29, 0.717) is 5.92 Å². The summed E-state index contributed by atoms with van der Waals surface area (Å²) in [5.74, 6) is 0.664. The van der Waals surface area contributed by atoms with Crippen LogP contribution in [0.15, 0.2) is 22.7 Å². The predicted octanol–water partition coefficient (Wildman–Crippen LogP) is 3.85. The van der Waals surface area contributed by atoms with Gasteiger partial charge in [0.25, 0.3) is 0 Å². The van der Waals surface area contributed by atoms with E-state index in [4.69, 9.17) is 4.74 Å². The molecule has 0 saturated carbocycles. The maximum Gasteiger partial charge on any atom is 0.0511 e. The third-order valence-corrected chi connectivity index (χ3v) is 3.78. The number of benzene rings is 1. The minimum atomic E-state index is 0.664. The lowest BCUT2D eigenvalue weighted by Gasteiger charge is -2.23. The normalized spacial score (nSPS) is 20.2. The number of ether oxygens (including phenoxy) is 1. The van der Waals surface area contributed by atoms with Gasteiger partial charge in [-0.05, 0) is 48.9 Å². The summed E-state index contributed by atoms with van der Waals surface area (Å²) in [5, 5.41) is 3.56. The molecule has 1 fully saturated rings. The first-order chi connectivity index (χ1) is 8.29. The van der Waals surface area contributed by atoms with Gasteiger partial charge in [0.2, 0.25) is 0 Å². The number of hydrogen-bond donors (Lipinski definition) is 1. The summed E-state index contributed by atoms with van der Waals surface area (Å²) in [4.78, 5) is 0. The zero-order valence-electron chi connectivity index (χ0n) is 10.3. The van der Waals surface area contributed by atoms with Gasteiger partial charge in [0.1, 0.15) is 0 Å². The molecule has 1 unspecified atom stereocenters. The monoisotopic (exact) mass is 297 g/mol. The zero-order valence-corrected chi connectivity index (χ0v) is 11.9. The molecule has 1 N–H and O–H groups in total. The minimum Gasteiger partial charge on any atom is -0.384 e. The van der Waals surface area contributed by atoms with E-state index in [2.05, 4.69) is 46.4 Å². The summed E-state index contributed by atoms with van der Waals surface area (Å²) >= 11 is 3.52. The average Bonchev–Trinajstić information content (AvgIpc) is 2.38. The van der Waals surface area contributed by atoms with Crippen LogP contribution in [0.25, 0.3) is 0 Å². The van der Waals surface area contributed by atoms with Crippen LogP contribution in [-0.2, 0) is 11.2 Å². The van der Waals surface area contributed by atoms with Crippen LogP contribution in [0.3, 0.4) is 0 Å². The fourth-order valence-electron chi connectivity index (χ4n) is 2.25. The standard InChI is InChI=1S/C14H20BrNO/c1-2-12-8-13(15)5-6-14(12)16-9-11-4-3-7-17-10-11/h5-6,8,11,16H,2-4,7,9-10H2,1H3. The van der Waals surface area contributed by atoms with Crippen molar-refractivity contribution < 1.29 is 4.74 Å². The molecule has 3 heteroatoms. The van der Waals surface area contributed by atoms with E-state index in [-0.39, 0.29) is 0 Å². The van der Waals surface area contributed by atoms with Gasteiger partial charge in [-0.2, -0.15) is 0 Å². The molecule has 2 nitrogen and oxygen atoms in total. The Hall–Kier alpha value is -0.540. The summed E-state index contributed by atoms with van der Waals surface area (Å²) in [6.45, 7) is 5.06. The fraction of sp³-hybridized carbons (Fsp3) is 0.571. The van der Waals surface area contributed by atoms with Gasteiger partial charge in [0.15, 0.2) is 0 Å². The number of rotatable bonds is 4. The maximum absolute atomic E-state index is 5.50. The van der Waals surface area contributed by atoms with Crippen LogP contribution in [0.4, 0.5) is 5.69 Å². The zero-order chi connectivity index (χ0) is 12.1. The minimum absolute atomic E-state index is 0.664. The van der Waals surface area contributed by atoms with Crippen molar-refractivity contribution in [2.24, 2.45) is 5.92 Å². The van der Waals surface area contributed by atoms with Crippen molar-refractivity contribution in [1.29, 1.82) is 0 Å². The Balaban J connectivity index is 1.93. The molecule has 2 rings (SSSR count). The van der Waals surface area contributed by atoms with Gasteiger partial charge in [-0.1, -0.05) is 22.9 Å². The molecular formula is C14H20BrNO. The van der Waals surface area contributed by atoms with Crippen molar-refractivity contribution in [1.82, 2.24) is 0 Å². The van der Waals surface area contributed by atoms with Crippen molar-refractivity contribution in [3.05, 3.63) is 28.2 Å². The maximum atomic E-state index is 5.50. The molecule has 0 spiro atoms. The number of anilines is 1. The largest absolute Gasteiger partial charge is 0.384 e. The molecular weight excluding hydrogens is 278 g/mol. The summed E-state index contributed by atoms with van der Waals surface area (Å²) < 4.78 is 6.65. The molecule has 0 bridgehead atoms. The lowest BCUT2D eigenvalue weighted by atomic mass is 10.0. The summed E-state index contributed by atoms with van der Waals surface area (Å²) in [6.07, 6.45) is 3.54. The Labute approximate surface area is 112 Å². The van der Waals surface area contributed by atoms with Gasteiger partial charge < -0.3 is 10.1 Å². The SMILES string of the molecule is CCc1cc(Br)ccc1NCC1CCCOC1. The second kappa shape index (κ2) is 6.41. The first-order valence-electron chi connectivity index (χ1n) is 6.39. The molecule has 17 heavy (non-hydrogen) atoms. The fourth-order valence-corrected chi connectivity index (χ4v) is 2.66. The third-order valence-electron chi connectivity index (χ3n) is 3.28. The van der Waals surface area contributed by atoms with Crippen LogP contribution >= 0.6 is 15.9 Å². The summed E-state index contributed by atoms with van der Waals surface area (Å²) in [5.41, 5.74) is 2.64. The molecule has 1 aromatic carbocycles. The smallest absolute Gasteiger partial charge is 0.0511 e. The molecule has 0 aliphatic carbocycles. The van der Waals surface area contributed by atoms with Crippen LogP contribution in [0.5, 0.6) is 0 Å². The lowest BCUT2D eigenvalue weighted by Crippen LogP contribution is -2.24. The lowest BCUT2D eigenvalue weighted by molar-refractivity contribution is 0.0595. The highest BCUT2D eigenvalue weighted by Crippen LogP contribution is 2.22. The van der Waals surface area contributed by atoms with Gasteiger partial charge in [0, 0.05) is 23.3 Å². The number of hydrogen-bond acceptors (Lipinski definition) is 2. The van der Waals surface area contributed by atoms with Crippen LogP contribution < -0.4 is 5.32 Å². The van der Waals surface area contributed by atoms with Gasteiger partial charge in [-0.25, -0.2) is 0 Å². The molecule has 1 heterocycles. The molecule has 1 aliphatic rings. The van der Waals surface area contributed by atoms with Crippen molar-refractivity contribution in [2.75, 3.05) is 25.1 Å². The molecule has 0 amide bonds. The van der Waals surface area contributed by atoms with E-state index in [0.717, 1.165) is 30.7 Å². The second-order valence-corrected chi connectivity index (χ2v) is 5.53. The van der Waals surface area contributed by atoms with Crippen molar-refractivity contribution in [3.63, 3.8) is 0 Å². The Bertz CT molecular complexity index is 361. The number of halogens is 1. The first kappa shape index (κ1) is 12.9. The van der Waals surface area contributed by atoms with E-state index in [1.807, 2.05) is 0 Å². The molecule has 94 valence electrons. The average molecular weight is 298 g/mol. The number of nitrogens with one attached hydrogen (secondary N) is 1. The Morgan fingerprint density at radius 2 is 2.35 bits per heavy atom. The molecule has 1 atom stereocenters. The topological polar surface area (TPSA) is 21.3 Å². The Morgan fingerprint density at radius 1 is 1.47 bits per heavy atom. The molecule has 1 aromatic rings. The highest BCUT2D eigenvalue weighted by molar-refractivity contribution is 9.10. The van der Waals surface area contributed by atoms with Crippen LogP contribution in [0, 0.1) is 5.92 Å². The van der Waals surface area contributed by atoms with Gasteiger partial charge in [0.05, 0.1) is 6.61 Å². The molecule has 0 radical (unpaired) electrons. The Morgan fingerprint density at radius 3 is 3.06 bits per heavy atom. The van der Waals surface area contributed by atoms with Crippen molar-refractivity contribution in [2.45, 2.75) is 26.2 Å². The number of aryl methyl sites for hydroxylation is 1. The van der Waals surface area contributed by atoms with E-state index < -0.39 is 0 Å². The van der Waals surface area contributed by atoms with Gasteiger partial charge in [-0.3, -0.25) is 0 Å². The summed E-state index contributed by atoms with van der Waals surface area (Å²) in [7, 11) is 0.